The van der Waals surface area contributed by atoms with Crippen LogP contribution in [0.3, 0.4) is 0 Å². The number of hydrazine groups is 1. The quantitative estimate of drug-likeness (QED) is 0.651. The van der Waals surface area contributed by atoms with Gasteiger partial charge in [0.15, 0.2) is 0 Å². The maximum Gasteiger partial charge on any atom is 0.426 e. The molecule has 0 aromatic heterocycles. The molecule has 23 heavy (non-hydrogen) atoms. The van der Waals surface area contributed by atoms with Gasteiger partial charge >= 0.3 is 6.09 Å². The third kappa shape index (κ3) is 7.05. The SMILES string of the molecule is CCOC(=O)NNC(=O)[C@H](CCSC)NC(=O)c1ccccc1. The lowest BCUT2D eigenvalue weighted by molar-refractivity contribution is -0.123. The predicted octanol–water partition coefficient (Wildman–Crippen LogP) is 1.32. The number of nitrogens with one attached hydrogen (secondary N) is 3. The Balaban J connectivity index is 2.62. The zero-order valence-corrected chi connectivity index (χ0v) is 13.9. The summed E-state index contributed by atoms with van der Waals surface area (Å²) < 4.78 is 4.65. The molecule has 8 heteroatoms. The molecule has 0 aliphatic heterocycles. The van der Waals surface area contributed by atoms with E-state index in [1.807, 2.05) is 6.26 Å². The van der Waals surface area contributed by atoms with E-state index in [9.17, 15) is 14.4 Å². The highest BCUT2D eigenvalue weighted by Crippen LogP contribution is 2.04. The number of carbonyl (C=O) groups is 3. The van der Waals surface area contributed by atoms with Crippen molar-refractivity contribution in [1.29, 1.82) is 0 Å². The summed E-state index contributed by atoms with van der Waals surface area (Å²) in [5.74, 6) is -0.161. The van der Waals surface area contributed by atoms with Gasteiger partial charge in [0.05, 0.1) is 6.61 Å². The Morgan fingerprint density at radius 2 is 1.87 bits per heavy atom. The van der Waals surface area contributed by atoms with Crippen LogP contribution in [0.2, 0.25) is 0 Å². The van der Waals surface area contributed by atoms with E-state index in [0.717, 1.165) is 0 Å². The molecule has 1 aromatic rings. The van der Waals surface area contributed by atoms with Gasteiger partial charge in [-0.3, -0.25) is 15.0 Å². The number of carbonyl (C=O) groups excluding carboxylic acids is 3. The second kappa shape index (κ2) is 10.5. The molecular formula is C15H21N3O4S. The van der Waals surface area contributed by atoms with Crippen molar-refractivity contribution in [2.75, 3.05) is 18.6 Å². The first-order chi connectivity index (χ1) is 11.1. The minimum Gasteiger partial charge on any atom is -0.449 e. The summed E-state index contributed by atoms with van der Waals surface area (Å²) in [6.07, 6.45) is 1.60. The second-order valence-corrected chi connectivity index (χ2v) is 5.49. The average molecular weight is 339 g/mol. The first kappa shape index (κ1) is 18.8. The van der Waals surface area contributed by atoms with Crippen LogP contribution in [0.1, 0.15) is 23.7 Å². The van der Waals surface area contributed by atoms with Crippen molar-refractivity contribution in [3.05, 3.63) is 35.9 Å². The van der Waals surface area contributed by atoms with Crippen molar-refractivity contribution in [2.24, 2.45) is 0 Å². The summed E-state index contributed by atoms with van der Waals surface area (Å²) in [5, 5.41) is 2.67. The molecule has 0 bridgehead atoms. The molecule has 0 heterocycles. The van der Waals surface area contributed by atoms with E-state index >= 15 is 0 Å². The van der Waals surface area contributed by atoms with Crippen molar-refractivity contribution < 1.29 is 19.1 Å². The normalized spacial score (nSPS) is 11.2. The van der Waals surface area contributed by atoms with Gasteiger partial charge in [0.25, 0.3) is 11.8 Å². The smallest absolute Gasteiger partial charge is 0.426 e. The van der Waals surface area contributed by atoms with Gasteiger partial charge < -0.3 is 10.1 Å². The second-order valence-electron chi connectivity index (χ2n) is 4.51. The van der Waals surface area contributed by atoms with Crippen LogP contribution in [0.15, 0.2) is 30.3 Å². The van der Waals surface area contributed by atoms with Crippen LogP contribution in [0.4, 0.5) is 4.79 Å². The van der Waals surface area contributed by atoms with E-state index < -0.39 is 18.0 Å². The van der Waals surface area contributed by atoms with Gasteiger partial charge in [-0.15, -0.1) is 0 Å². The zero-order valence-electron chi connectivity index (χ0n) is 13.1. The van der Waals surface area contributed by atoms with Crippen LogP contribution in [0.25, 0.3) is 0 Å². The van der Waals surface area contributed by atoms with Crippen molar-refractivity contribution in [3.63, 3.8) is 0 Å². The summed E-state index contributed by atoms with van der Waals surface area (Å²) in [4.78, 5) is 35.5. The highest BCUT2D eigenvalue weighted by atomic mass is 32.2. The lowest BCUT2D eigenvalue weighted by atomic mass is 10.1. The molecule has 0 saturated carbocycles. The molecule has 1 aromatic carbocycles. The third-order valence-electron chi connectivity index (χ3n) is 2.83. The molecule has 0 radical (unpaired) electrons. The number of rotatable bonds is 7. The Hall–Kier alpha value is -2.22. The van der Waals surface area contributed by atoms with Crippen molar-refractivity contribution >= 4 is 29.7 Å². The summed E-state index contributed by atoms with van der Waals surface area (Å²) in [7, 11) is 0. The molecule has 0 aliphatic rings. The number of hydrogen-bond donors (Lipinski definition) is 3. The summed E-state index contributed by atoms with van der Waals surface area (Å²) in [6, 6.07) is 7.86. The number of hydrogen-bond acceptors (Lipinski definition) is 5. The molecule has 0 spiro atoms. The van der Waals surface area contributed by atoms with E-state index in [1.165, 1.54) is 0 Å². The Morgan fingerprint density at radius 1 is 1.17 bits per heavy atom. The molecule has 0 aliphatic carbocycles. The van der Waals surface area contributed by atoms with Crippen LogP contribution in [0.5, 0.6) is 0 Å². The van der Waals surface area contributed by atoms with Gasteiger partial charge in [-0.2, -0.15) is 11.8 Å². The first-order valence-corrected chi connectivity index (χ1v) is 8.55. The Morgan fingerprint density at radius 3 is 2.48 bits per heavy atom. The minimum atomic E-state index is -0.753. The highest BCUT2D eigenvalue weighted by molar-refractivity contribution is 7.98. The van der Waals surface area contributed by atoms with Crippen LogP contribution in [-0.4, -0.2) is 42.6 Å². The number of amides is 3. The maximum atomic E-state index is 12.2. The van der Waals surface area contributed by atoms with E-state index in [2.05, 4.69) is 20.9 Å². The van der Waals surface area contributed by atoms with E-state index in [-0.39, 0.29) is 12.5 Å². The molecule has 3 amide bonds. The van der Waals surface area contributed by atoms with Gasteiger partial charge in [0, 0.05) is 5.56 Å². The summed E-state index contributed by atoms with van der Waals surface area (Å²) in [5.41, 5.74) is 4.85. The predicted molar refractivity (Wildman–Crippen MR) is 89.0 cm³/mol. The number of ether oxygens (including phenoxy) is 1. The fraction of sp³-hybridized carbons (Fsp3) is 0.400. The highest BCUT2D eigenvalue weighted by Gasteiger charge is 2.21. The van der Waals surface area contributed by atoms with Crippen molar-refractivity contribution in [1.82, 2.24) is 16.2 Å². The third-order valence-corrected chi connectivity index (χ3v) is 3.48. The van der Waals surface area contributed by atoms with E-state index in [4.69, 9.17) is 0 Å². The van der Waals surface area contributed by atoms with E-state index in [0.29, 0.717) is 17.7 Å². The Labute approximate surface area is 139 Å². The summed E-state index contributed by atoms with van der Waals surface area (Å²) >= 11 is 1.56. The lowest BCUT2D eigenvalue weighted by Gasteiger charge is -2.18. The van der Waals surface area contributed by atoms with Crippen LogP contribution < -0.4 is 16.2 Å². The van der Waals surface area contributed by atoms with Crippen molar-refractivity contribution in [2.45, 2.75) is 19.4 Å². The molecule has 0 saturated heterocycles. The molecule has 0 fully saturated rings. The molecule has 7 nitrogen and oxygen atoms in total. The van der Waals surface area contributed by atoms with Crippen molar-refractivity contribution in [3.8, 4) is 0 Å². The van der Waals surface area contributed by atoms with Gasteiger partial charge in [-0.25, -0.2) is 10.2 Å². The van der Waals surface area contributed by atoms with Gasteiger partial charge in [0.2, 0.25) is 0 Å². The Bertz CT molecular complexity index is 525. The first-order valence-electron chi connectivity index (χ1n) is 7.16. The van der Waals surface area contributed by atoms with Gasteiger partial charge in [0.1, 0.15) is 6.04 Å². The van der Waals surface area contributed by atoms with Gasteiger partial charge in [-0.1, -0.05) is 18.2 Å². The number of thioether (sulfide) groups is 1. The Kier molecular flexibility index (Phi) is 8.59. The fourth-order valence-electron chi connectivity index (χ4n) is 1.70. The maximum absolute atomic E-state index is 12.2. The zero-order chi connectivity index (χ0) is 17.1. The van der Waals surface area contributed by atoms with Gasteiger partial charge in [-0.05, 0) is 37.5 Å². The monoisotopic (exact) mass is 339 g/mol. The molecule has 3 N–H and O–H groups in total. The molecule has 1 rings (SSSR count). The average Bonchev–Trinajstić information content (AvgIpc) is 2.57. The minimum absolute atomic E-state index is 0.197. The van der Waals surface area contributed by atoms with Crippen LogP contribution in [-0.2, 0) is 9.53 Å². The van der Waals surface area contributed by atoms with E-state index in [1.54, 1.807) is 49.0 Å². The topological polar surface area (TPSA) is 96.5 Å². The molecule has 0 unspecified atom stereocenters. The molecule has 1 atom stereocenters. The number of benzene rings is 1. The largest absolute Gasteiger partial charge is 0.449 e. The van der Waals surface area contributed by atoms with Crippen LogP contribution in [0, 0.1) is 0 Å². The van der Waals surface area contributed by atoms with Crippen LogP contribution >= 0.6 is 11.8 Å². The lowest BCUT2D eigenvalue weighted by Crippen LogP contribution is -2.52. The fourth-order valence-corrected chi connectivity index (χ4v) is 2.17. The standard InChI is InChI=1S/C15H21N3O4S/c1-3-22-15(21)18-17-14(20)12(9-10-23-2)16-13(19)11-7-5-4-6-8-11/h4-8,12H,3,9-10H2,1-2H3,(H,16,19)(H,17,20)(H,18,21)/t12-/m0/s1. The molecular weight excluding hydrogens is 318 g/mol. The summed E-state index contributed by atoms with van der Waals surface area (Å²) in [6.45, 7) is 1.85. The molecule has 126 valence electrons.